The fourth-order valence-electron chi connectivity index (χ4n) is 5.80. The number of carbonyl (C=O) groups is 3. The second kappa shape index (κ2) is 13.1. The number of benzene rings is 1. The molecule has 5 rings (SSSR count). The number of hydrogen-bond acceptors (Lipinski definition) is 8. The molecule has 4 heterocycles. The Hall–Kier alpha value is -3.44. The van der Waals surface area contributed by atoms with Gasteiger partial charge in [-0.3, -0.25) is 9.59 Å². The van der Waals surface area contributed by atoms with Gasteiger partial charge < -0.3 is 29.9 Å². The van der Waals surface area contributed by atoms with Crippen LogP contribution in [-0.2, 0) is 20.8 Å². The standard InChI is InChI=1S/C31H41ClN6O5/c1-19(21-6-5-11-37(16-21)30(41)43-31(2,3)4)34-26(39)18-38-17-22-8-7-20(14-24(22)28(38)40)27-25(32)15-33-29(36-27)35-23-9-12-42-13-10-23/h7-8,14-15,19,21,23H,5-6,9-13,16-18H2,1-4H3,(H,34,39)(H,33,35,36)/t19?,21-/m0/s1. The van der Waals surface area contributed by atoms with Gasteiger partial charge in [0.15, 0.2) is 0 Å². The monoisotopic (exact) mass is 612 g/mol. The lowest BCUT2D eigenvalue weighted by Gasteiger charge is -2.36. The SMILES string of the molecule is CC(NC(=O)CN1Cc2ccc(-c3nc(NC4CCOCC4)ncc3Cl)cc2C1=O)[C@H]1CCCN(C(=O)OC(C)(C)C)C1. The van der Waals surface area contributed by atoms with Crippen molar-refractivity contribution in [3.63, 3.8) is 0 Å². The molecule has 1 unspecified atom stereocenters. The summed E-state index contributed by atoms with van der Waals surface area (Å²) in [5.41, 5.74) is 2.07. The second-order valence-electron chi connectivity index (χ2n) is 12.6. The molecule has 3 amide bonds. The van der Waals surface area contributed by atoms with Crippen LogP contribution in [0.25, 0.3) is 11.3 Å². The van der Waals surface area contributed by atoms with Gasteiger partial charge in [-0.15, -0.1) is 0 Å². The van der Waals surface area contributed by atoms with Crippen LogP contribution < -0.4 is 10.6 Å². The van der Waals surface area contributed by atoms with Crippen molar-refractivity contribution in [1.29, 1.82) is 0 Å². The fourth-order valence-corrected chi connectivity index (χ4v) is 6.00. The number of nitrogens with one attached hydrogen (secondary N) is 2. The maximum Gasteiger partial charge on any atom is 0.410 e. The molecule has 232 valence electrons. The van der Waals surface area contributed by atoms with Crippen LogP contribution in [-0.4, -0.2) is 88.2 Å². The molecule has 2 atom stereocenters. The Kier molecular flexibility index (Phi) is 9.41. The minimum Gasteiger partial charge on any atom is -0.444 e. The Labute approximate surface area is 257 Å². The molecule has 0 radical (unpaired) electrons. The van der Waals surface area contributed by atoms with Crippen molar-refractivity contribution in [2.45, 2.75) is 77.6 Å². The molecule has 1 aromatic heterocycles. The van der Waals surface area contributed by atoms with Crippen LogP contribution in [0.15, 0.2) is 24.4 Å². The number of hydrogen-bond donors (Lipinski definition) is 2. The smallest absolute Gasteiger partial charge is 0.410 e. The minimum atomic E-state index is -0.559. The van der Waals surface area contributed by atoms with Gasteiger partial charge >= 0.3 is 6.09 Å². The normalized spacial score (nSPS) is 20.0. The van der Waals surface area contributed by atoms with Gasteiger partial charge in [-0.25, -0.2) is 14.8 Å². The highest BCUT2D eigenvalue weighted by atomic mass is 35.5. The number of ether oxygens (including phenoxy) is 2. The van der Waals surface area contributed by atoms with Crippen molar-refractivity contribution >= 4 is 35.5 Å². The number of fused-ring (bicyclic) bond motifs is 1. The summed E-state index contributed by atoms with van der Waals surface area (Å²) in [6, 6.07) is 5.64. The van der Waals surface area contributed by atoms with Crippen LogP contribution in [0.2, 0.25) is 5.02 Å². The van der Waals surface area contributed by atoms with Gasteiger partial charge in [0.05, 0.1) is 16.9 Å². The number of nitrogens with zero attached hydrogens (tertiary/aromatic N) is 4. The van der Waals surface area contributed by atoms with Crippen molar-refractivity contribution in [2.24, 2.45) is 5.92 Å². The third-order valence-electron chi connectivity index (χ3n) is 8.10. The van der Waals surface area contributed by atoms with E-state index in [-0.39, 0.29) is 42.5 Å². The summed E-state index contributed by atoms with van der Waals surface area (Å²) in [5.74, 6) is 0.144. The van der Waals surface area contributed by atoms with Gasteiger partial charge in [0.1, 0.15) is 12.1 Å². The summed E-state index contributed by atoms with van der Waals surface area (Å²) in [7, 11) is 0. The van der Waals surface area contributed by atoms with E-state index >= 15 is 0 Å². The molecular formula is C31H41ClN6O5. The third kappa shape index (κ3) is 7.75. The first-order chi connectivity index (χ1) is 20.5. The molecule has 43 heavy (non-hydrogen) atoms. The highest BCUT2D eigenvalue weighted by Crippen LogP contribution is 2.32. The average molecular weight is 613 g/mol. The molecule has 2 N–H and O–H groups in total. The third-order valence-corrected chi connectivity index (χ3v) is 8.38. The molecule has 2 fully saturated rings. The van der Waals surface area contributed by atoms with Gasteiger partial charge in [0.2, 0.25) is 11.9 Å². The summed E-state index contributed by atoms with van der Waals surface area (Å²) in [5, 5.41) is 6.80. The van der Waals surface area contributed by atoms with E-state index < -0.39 is 5.60 Å². The van der Waals surface area contributed by atoms with E-state index in [1.807, 2.05) is 39.8 Å². The molecule has 0 spiro atoms. The van der Waals surface area contributed by atoms with E-state index in [1.54, 1.807) is 22.1 Å². The molecule has 2 aromatic rings. The zero-order valence-electron chi connectivity index (χ0n) is 25.3. The quantitative estimate of drug-likeness (QED) is 0.468. The van der Waals surface area contributed by atoms with Gasteiger partial charge in [-0.05, 0) is 70.9 Å². The van der Waals surface area contributed by atoms with Crippen molar-refractivity contribution in [3.8, 4) is 11.3 Å². The van der Waals surface area contributed by atoms with Crippen LogP contribution in [0.4, 0.5) is 10.7 Å². The zero-order valence-corrected chi connectivity index (χ0v) is 26.1. The Morgan fingerprint density at radius 2 is 1.98 bits per heavy atom. The van der Waals surface area contributed by atoms with Gasteiger partial charge in [-0.1, -0.05) is 23.7 Å². The highest BCUT2D eigenvalue weighted by molar-refractivity contribution is 6.33. The van der Waals surface area contributed by atoms with Crippen LogP contribution in [0.1, 0.15) is 69.3 Å². The van der Waals surface area contributed by atoms with E-state index in [2.05, 4.69) is 20.6 Å². The number of amides is 3. The first kappa shape index (κ1) is 31.0. The summed E-state index contributed by atoms with van der Waals surface area (Å²) < 4.78 is 11.0. The number of aromatic nitrogens is 2. The molecule has 3 aliphatic heterocycles. The van der Waals surface area contributed by atoms with E-state index in [0.717, 1.165) is 31.2 Å². The number of piperidine rings is 1. The predicted molar refractivity (Wildman–Crippen MR) is 163 cm³/mol. The highest BCUT2D eigenvalue weighted by Gasteiger charge is 2.33. The van der Waals surface area contributed by atoms with Crippen LogP contribution >= 0.6 is 11.6 Å². The molecular weight excluding hydrogens is 572 g/mol. The molecule has 11 nitrogen and oxygen atoms in total. The fraction of sp³-hybridized carbons (Fsp3) is 0.581. The van der Waals surface area contributed by atoms with Crippen molar-refractivity contribution in [3.05, 3.63) is 40.5 Å². The van der Waals surface area contributed by atoms with Crippen LogP contribution in [0.3, 0.4) is 0 Å². The number of carbonyl (C=O) groups excluding carboxylic acids is 3. The first-order valence-corrected chi connectivity index (χ1v) is 15.4. The maximum absolute atomic E-state index is 13.3. The average Bonchev–Trinajstić information content (AvgIpc) is 3.27. The van der Waals surface area contributed by atoms with E-state index in [4.69, 9.17) is 21.1 Å². The summed E-state index contributed by atoms with van der Waals surface area (Å²) in [6.45, 7) is 10.4. The molecule has 12 heteroatoms. The van der Waals surface area contributed by atoms with Crippen molar-refractivity contribution in [1.82, 2.24) is 25.1 Å². The molecule has 2 saturated heterocycles. The Bertz CT molecular complexity index is 1360. The van der Waals surface area contributed by atoms with Gasteiger partial charge in [0, 0.05) is 56.1 Å². The van der Waals surface area contributed by atoms with Gasteiger partial charge in [0.25, 0.3) is 5.91 Å². The van der Waals surface area contributed by atoms with Crippen LogP contribution in [0, 0.1) is 5.92 Å². The number of likely N-dealkylation sites (tertiary alicyclic amines) is 1. The lowest BCUT2D eigenvalue weighted by molar-refractivity contribution is -0.122. The van der Waals surface area contributed by atoms with Gasteiger partial charge in [-0.2, -0.15) is 0 Å². The Balaban J connectivity index is 1.18. The van der Waals surface area contributed by atoms with E-state index in [1.165, 1.54) is 0 Å². The van der Waals surface area contributed by atoms with Crippen LogP contribution in [0.5, 0.6) is 0 Å². The topological polar surface area (TPSA) is 126 Å². The first-order valence-electron chi connectivity index (χ1n) is 15.0. The maximum atomic E-state index is 13.3. The lowest BCUT2D eigenvalue weighted by atomic mass is 9.91. The summed E-state index contributed by atoms with van der Waals surface area (Å²) >= 11 is 6.48. The molecule has 0 saturated carbocycles. The molecule has 1 aromatic carbocycles. The number of rotatable bonds is 7. The summed E-state index contributed by atoms with van der Waals surface area (Å²) in [6.07, 6.45) is 4.73. The summed E-state index contributed by atoms with van der Waals surface area (Å²) in [4.78, 5) is 51.2. The number of anilines is 1. The van der Waals surface area contributed by atoms with E-state index in [9.17, 15) is 14.4 Å². The zero-order chi connectivity index (χ0) is 30.7. The molecule has 3 aliphatic rings. The lowest BCUT2D eigenvalue weighted by Crippen LogP contribution is -2.50. The van der Waals surface area contributed by atoms with Crippen molar-refractivity contribution < 1.29 is 23.9 Å². The predicted octanol–water partition coefficient (Wildman–Crippen LogP) is 4.50. The van der Waals surface area contributed by atoms with Crippen molar-refractivity contribution in [2.75, 3.05) is 38.2 Å². The Morgan fingerprint density at radius 3 is 2.72 bits per heavy atom. The van der Waals surface area contributed by atoms with E-state index in [0.29, 0.717) is 60.6 Å². The minimum absolute atomic E-state index is 0.0525. The molecule has 0 bridgehead atoms. The second-order valence-corrected chi connectivity index (χ2v) is 13.0. The number of halogens is 1. The largest absolute Gasteiger partial charge is 0.444 e. The molecule has 0 aliphatic carbocycles. The Morgan fingerprint density at radius 1 is 1.21 bits per heavy atom.